The van der Waals surface area contributed by atoms with Crippen LogP contribution in [-0.4, -0.2) is 4.98 Å². The van der Waals surface area contributed by atoms with Gasteiger partial charge < -0.3 is 0 Å². The van der Waals surface area contributed by atoms with Crippen molar-refractivity contribution in [1.29, 1.82) is 0 Å². The van der Waals surface area contributed by atoms with Crippen molar-refractivity contribution < 1.29 is 0 Å². The number of hydrogen-bond donors (Lipinski definition) is 0. The van der Waals surface area contributed by atoms with Crippen LogP contribution < -0.4 is 0 Å². The van der Waals surface area contributed by atoms with Crippen molar-refractivity contribution >= 4 is 17.7 Å². The molecule has 1 nitrogen and oxygen atoms in total. The number of rotatable bonds is 2. The second kappa shape index (κ2) is 4.34. The fourth-order valence-corrected chi connectivity index (χ4v) is 2.48. The van der Waals surface area contributed by atoms with Crippen LogP contribution in [0.25, 0.3) is 6.08 Å². The number of pyridine rings is 1. The van der Waals surface area contributed by atoms with E-state index in [-0.39, 0.29) is 0 Å². The lowest BCUT2D eigenvalue weighted by Gasteiger charge is -2.11. The second-order valence-electron chi connectivity index (χ2n) is 4.30. The van der Waals surface area contributed by atoms with Gasteiger partial charge in [0.25, 0.3) is 0 Å². The fourth-order valence-electron chi connectivity index (χ4n) is 2.30. The molecular weight excluding hydrogens is 230 g/mol. The van der Waals surface area contributed by atoms with Crippen molar-refractivity contribution in [3.05, 3.63) is 70.5 Å². The molecule has 17 heavy (non-hydrogen) atoms. The van der Waals surface area contributed by atoms with Crippen molar-refractivity contribution in [3.63, 3.8) is 0 Å². The molecule has 1 heterocycles. The summed E-state index contributed by atoms with van der Waals surface area (Å²) in [5.74, 6) is 0.463. The zero-order valence-electron chi connectivity index (χ0n) is 9.31. The van der Waals surface area contributed by atoms with E-state index >= 15 is 0 Å². The van der Waals surface area contributed by atoms with Gasteiger partial charge in [0.2, 0.25) is 0 Å². The van der Waals surface area contributed by atoms with E-state index in [0.29, 0.717) is 5.92 Å². The monoisotopic (exact) mass is 241 g/mol. The van der Waals surface area contributed by atoms with E-state index in [9.17, 15) is 0 Å². The van der Waals surface area contributed by atoms with Crippen LogP contribution in [0, 0.1) is 0 Å². The largest absolute Gasteiger partial charge is 0.265 e. The number of allylic oxidation sites excluding steroid dienone is 1. The molecule has 0 radical (unpaired) electrons. The van der Waals surface area contributed by atoms with Crippen LogP contribution in [0.3, 0.4) is 0 Å². The Morgan fingerprint density at radius 3 is 2.76 bits per heavy atom. The van der Waals surface area contributed by atoms with Gasteiger partial charge in [0, 0.05) is 23.3 Å². The predicted octanol–water partition coefficient (Wildman–Crippen LogP) is 4.09. The van der Waals surface area contributed by atoms with Crippen molar-refractivity contribution in [3.8, 4) is 0 Å². The maximum atomic E-state index is 5.99. The third kappa shape index (κ3) is 2.11. The molecule has 0 amide bonds. The maximum Gasteiger partial charge on any atom is 0.0412 e. The normalized spacial score (nSPS) is 17.1. The standard InChI is InChI=1S/C15H12ClN/c16-14-3-4-15-12(1-2-13(15)10-14)9-11-5-7-17-8-6-11/h1-8,10,12H,9H2. The first-order valence-electron chi connectivity index (χ1n) is 5.69. The van der Waals surface area contributed by atoms with Crippen molar-refractivity contribution in [1.82, 2.24) is 4.98 Å². The highest BCUT2D eigenvalue weighted by atomic mass is 35.5. The Hall–Kier alpha value is -1.60. The average Bonchev–Trinajstić information content (AvgIpc) is 2.73. The molecule has 0 aliphatic heterocycles. The third-order valence-electron chi connectivity index (χ3n) is 3.16. The van der Waals surface area contributed by atoms with Crippen LogP contribution in [0.1, 0.15) is 22.6 Å². The summed E-state index contributed by atoms with van der Waals surface area (Å²) in [5.41, 5.74) is 3.93. The molecule has 0 fully saturated rings. The Balaban J connectivity index is 1.87. The molecule has 0 saturated heterocycles. The van der Waals surface area contributed by atoms with Gasteiger partial charge in [-0.25, -0.2) is 0 Å². The lowest BCUT2D eigenvalue weighted by molar-refractivity contribution is 0.848. The Morgan fingerprint density at radius 1 is 1.12 bits per heavy atom. The van der Waals surface area contributed by atoms with Gasteiger partial charge in [-0.05, 0) is 47.4 Å². The summed E-state index contributed by atoms with van der Waals surface area (Å²) in [7, 11) is 0. The SMILES string of the molecule is Clc1ccc2c(c1)C=CC2Cc1ccncc1. The topological polar surface area (TPSA) is 12.9 Å². The van der Waals surface area contributed by atoms with Gasteiger partial charge in [0.05, 0.1) is 0 Å². The Kier molecular flexibility index (Phi) is 2.69. The van der Waals surface area contributed by atoms with E-state index in [1.807, 2.05) is 24.5 Å². The molecule has 0 saturated carbocycles. The maximum absolute atomic E-state index is 5.99. The van der Waals surface area contributed by atoms with Crippen LogP contribution in [0.15, 0.2) is 48.8 Å². The number of halogens is 1. The summed E-state index contributed by atoms with van der Waals surface area (Å²) in [6.07, 6.45) is 9.12. The minimum atomic E-state index is 0.463. The highest BCUT2D eigenvalue weighted by molar-refractivity contribution is 6.30. The van der Waals surface area contributed by atoms with Gasteiger partial charge in [0.1, 0.15) is 0 Å². The molecule has 1 aromatic carbocycles. The quantitative estimate of drug-likeness (QED) is 0.772. The summed E-state index contributed by atoms with van der Waals surface area (Å²) in [6.45, 7) is 0. The molecule has 2 heteroatoms. The van der Waals surface area contributed by atoms with Crippen molar-refractivity contribution in [2.75, 3.05) is 0 Å². The fraction of sp³-hybridized carbons (Fsp3) is 0.133. The highest BCUT2D eigenvalue weighted by Gasteiger charge is 2.17. The minimum absolute atomic E-state index is 0.463. The van der Waals surface area contributed by atoms with Gasteiger partial charge in [-0.15, -0.1) is 0 Å². The molecule has 2 aromatic rings. The number of hydrogen-bond acceptors (Lipinski definition) is 1. The van der Waals surface area contributed by atoms with Gasteiger partial charge in [0.15, 0.2) is 0 Å². The van der Waals surface area contributed by atoms with Gasteiger partial charge in [-0.1, -0.05) is 29.8 Å². The highest BCUT2D eigenvalue weighted by Crippen LogP contribution is 2.33. The van der Waals surface area contributed by atoms with Gasteiger partial charge in [-0.2, -0.15) is 0 Å². The molecule has 3 rings (SSSR count). The molecule has 1 atom stereocenters. The lowest BCUT2D eigenvalue weighted by atomic mass is 9.94. The van der Waals surface area contributed by atoms with Crippen LogP contribution in [0.5, 0.6) is 0 Å². The van der Waals surface area contributed by atoms with Crippen molar-refractivity contribution in [2.45, 2.75) is 12.3 Å². The first-order valence-corrected chi connectivity index (χ1v) is 6.07. The van der Waals surface area contributed by atoms with E-state index in [0.717, 1.165) is 11.4 Å². The summed E-state index contributed by atoms with van der Waals surface area (Å²) < 4.78 is 0. The molecule has 84 valence electrons. The summed E-state index contributed by atoms with van der Waals surface area (Å²) in [4.78, 5) is 4.04. The molecule has 1 aliphatic rings. The average molecular weight is 242 g/mol. The van der Waals surface area contributed by atoms with Gasteiger partial charge in [-0.3, -0.25) is 4.98 Å². The van der Waals surface area contributed by atoms with Crippen LogP contribution in [-0.2, 0) is 6.42 Å². The lowest BCUT2D eigenvalue weighted by Crippen LogP contribution is -1.98. The number of nitrogens with zero attached hydrogens (tertiary/aromatic N) is 1. The minimum Gasteiger partial charge on any atom is -0.265 e. The summed E-state index contributed by atoms with van der Waals surface area (Å²) in [6, 6.07) is 10.3. The molecule has 0 spiro atoms. The number of fused-ring (bicyclic) bond motifs is 1. The van der Waals surface area contributed by atoms with E-state index in [1.165, 1.54) is 16.7 Å². The Bertz CT molecular complexity index is 560. The summed E-state index contributed by atoms with van der Waals surface area (Å²) in [5, 5.41) is 0.804. The molecule has 1 aliphatic carbocycles. The first-order chi connectivity index (χ1) is 8.33. The Labute approximate surface area is 106 Å². The van der Waals surface area contributed by atoms with Crippen LogP contribution >= 0.6 is 11.6 Å². The molecule has 0 bridgehead atoms. The zero-order valence-corrected chi connectivity index (χ0v) is 10.1. The van der Waals surface area contributed by atoms with Crippen LogP contribution in [0.4, 0.5) is 0 Å². The molecule has 0 N–H and O–H groups in total. The molecular formula is C15H12ClN. The number of aromatic nitrogens is 1. The zero-order chi connectivity index (χ0) is 11.7. The number of benzene rings is 1. The van der Waals surface area contributed by atoms with Crippen molar-refractivity contribution in [2.24, 2.45) is 0 Å². The van der Waals surface area contributed by atoms with Crippen LogP contribution in [0.2, 0.25) is 5.02 Å². The van der Waals surface area contributed by atoms with E-state index < -0.39 is 0 Å². The van der Waals surface area contributed by atoms with E-state index in [2.05, 4.69) is 35.3 Å². The van der Waals surface area contributed by atoms with E-state index in [4.69, 9.17) is 11.6 Å². The first kappa shape index (κ1) is 10.5. The molecule has 1 unspecified atom stereocenters. The predicted molar refractivity (Wildman–Crippen MR) is 71.2 cm³/mol. The Morgan fingerprint density at radius 2 is 1.94 bits per heavy atom. The summed E-state index contributed by atoms with van der Waals surface area (Å²) >= 11 is 5.99. The molecule has 1 aromatic heterocycles. The van der Waals surface area contributed by atoms with E-state index in [1.54, 1.807) is 0 Å². The smallest absolute Gasteiger partial charge is 0.0412 e. The second-order valence-corrected chi connectivity index (χ2v) is 4.73. The van der Waals surface area contributed by atoms with Gasteiger partial charge >= 0.3 is 0 Å². The third-order valence-corrected chi connectivity index (χ3v) is 3.40.